The van der Waals surface area contributed by atoms with E-state index in [2.05, 4.69) is 24.4 Å². The van der Waals surface area contributed by atoms with Gasteiger partial charge in [0.15, 0.2) is 0 Å². The summed E-state index contributed by atoms with van der Waals surface area (Å²) in [7, 11) is 1.82. The van der Waals surface area contributed by atoms with Crippen LogP contribution in [0, 0.1) is 6.92 Å². The van der Waals surface area contributed by atoms with Gasteiger partial charge in [-0.1, -0.05) is 31.2 Å². The highest BCUT2D eigenvalue weighted by Gasteiger charge is 2.08. The molecule has 0 atom stereocenters. The maximum absolute atomic E-state index is 11.6. The van der Waals surface area contributed by atoms with Crippen molar-refractivity contribution in [2.45, 2.75) is 26.8 Å². The number of nitrogens with zero attached hydrogens (tertiary/aromatic N) is 1. The lowest BCUT2D eigenvalue weighted by atomic mass is 10.1. The number of amides is 2. The van der Waals surface area contributed by atoms with E-state index >= 15 is 0 Å². The second kappa shape index (κ2) is 6.16. The average molecular weight is 220 g/mol. The van der Waals surface area contributed by atoms with Crippen molar-refractivity contribution < 1.29 is 4.79 Å². The molecule has 1 aromatic carbocycles. The second-order valence-corrected chi connectivity index (χ2v) is 4.01. The molecular formula is C13H20N2O. The molecule has 1 aromatic rings. The summed E-state index contributed by atoms with van der Waals surface area (Å²) in [6.07, 6.45) is 0.962. The van der Waals surface area contributed by atoms with E-state index in [0.29, 0.717) is 6.54 Å². The molecule has 0 saturated heterocycles. The summed E-state index contributed by atoms with van der Waals surface area (Å²) in [4.78, 5) is 13.3. The van der Waals surface area contributed by atoms with E-state index in [1.54, 1.807) is 4.90 Å². The fourth-order valence-electron chi connectivity index (χ4n) is 1.48. The van der Waals surface area contributed by atoms with Gasteiger partial charge in [-0.05, 0) is 24.5 Å². The minimum absolute atomic E-state index is 0.00916. The molecule has 1 N–H and O–H groups in total. The van der Waals surface area contributed by atoms with Crippen LogP contribution in [-0.4, -0.2) is 24.5 Å². The van der Waals surface area contributed by atoms with Gasteiger partial charge in [-0.3, -0.25) is 0 Å². The van der Waals surface area contributed by atoms with Crippen molar-refractivity contribution in [3.05, 3.63) is 35.4 Å². The van der Waals surface area contributed by atoms with Crippen LogP contribution in [0.4, 0.5) is 4.79 Å². The number of nitrogens with one attached hydrogen (secondary N) is 1. The predicted molar refractivity (Wildman–Crippen MR) is 66.3 cm³/mol. The number of carbonyl (C=O) groups is 1. The molecule has 0 radical (unpaired) electrons. The summed E-state index contributed by atoms with van der Waals surface area (Å²) in [5, 5.41) is 2.86. The molecule has 0 spiro atoms. The SMILES string of the molecule is CCCNC(=O)N(C)Cc1ccccc1C. The van der Waals surface area contributed by atoms with Crippen LogP contribution in [-0.2, 0) is 6.54 Å². The molecule has 0 unspecified atom stereocenters. The van der Waals surface area contributed by atoms with Gasteiger partial charge in [0.25, 0.3) is 0 Å². The Bertz CT molecular complexity index is 350. The summed E-state index contributed by atoms with van der Waals surface area (Å²) in [6, 6.07) is 8.12. The lowest BCUT2D eigenvalue weighted by Crippen LogP contribution is -2.37. The average Bonchev–Trinajstić information content (AvgIpc) is 2.28. The molecule has 0 heterocycles. The van der Waals surface area contributed by atoms with Crippen LogP contribution in [0.2, 0.25) is 0 Å². The van der Waals surface area contributed by atoms with Crippen LogP contribution < -0.4 is 5.32 Å². The number of aryl methyl sites for hydroxylation is 1. The highest BCUT2D eigenvalue weighted by molar-refractivity contribution is 5.73. The predicted octanol–water partition coefficient (Wildman–Crippen LogP) is 2.55. The zero-order valence-electron chi connectivity index (χ0n) is 10.3. The molecule has 3 nitrogen and oxygen atoms in total. The number of benzene rings is 1. The van der Waals surface area contributed by atoms with E-state index < -0.39 is 0 Å². The fourth-order valence-corrected chi connectivity index (χ4v) is 1.48. The van der Waals surface area contributed by atoms with E-state index in [0.717, 1.165) is 13.0 Å². The van der Waals surface area contributed by atoms with Gasteiger partial charge in [-0.25, -0.2) is 4.79 Å². The Kier molecular flexibility index (Phi) is 4.83. The molecule has 0 saturated carbocycles. The molecule has 0 aliphatic rings. The van der Waals surface area contributed by atoms with Crippen LogP contribution >= 0.6 is 0 Å². The topological polar surface area (TPSA) is 32.3 Å². The van der Waals surface area contributed by atoms with Gasteiger partial charge >= 0.3 is 6.03 Å². The standard InChI is InChI=1S/C13H20N2O/c1-4-9-14-13(16)15(3)10-12-8-6-5-7-11(12)2/h5-8H,4,9-10H2,1-3H3,(H,14,16). The van der Waals surface area contributed by atoms with Gasteiger partial charge < -0.3 is 10.2 Å². The second-order valence-electron chi connectivity index (χ2n) is 4.01. The molecule has 0 bridgehead atoms. The summed E-state index contributed by atoms with van der Waals surface area (Å²) in [6.45, 7) is 5.49. The summed E-state index contributed by atoms with van der Waals surface area (Å²) in [5.74, 6) is 0. The van der Waals surface area contributed by atoms with Gasteiger partial charge in [0.2, 0.25) is 0 Å². The van der Waals surface area contributed by atoms with E-state index in [-0.39, 0.29) is 6.03 Å². The smallest absolute Gasteiger partial charge is 0.317 e. The van der Waals surface area contributed by atoms with Gasteiger partial charge in [-0.15, -0.1) is 0 Å². The van der Waals surface area contributed by atoms with Gasteiger partial charge in [0, 0.05) is 20.1 Å². The van der Waals surface area contributed by atoms with Crippen molar-refractivity contribution in [2.75, 3.05) is 13.6 Å². The monoisotopic (exact) mass is 220 g/mol. The Morgan fingerprint density at radius 2 is 2.06 bits per heavy atom. The Balaban J connectivity index is 2.54. The Hall–Kier alpha value is -1.51. The van der Waals surface area contributed by atoms with Crippen LogP contribution in [0.3, 0.4) is 0 Å². The number of rotatable bonds is 4. The number of hydrogen-bond acceptors (Lipinski definition) is 1. The first-order valence-corrected chi connectivity index (χ1v) is 5.68. The van der Waals surface area contributed by atoms with Crippen molar-refractivity contribution >= 4 is 6.03 Å². The molecule has 0 aliphatic heterocycles. The van der Waals surface area contributed by atoms with Crippen LogP contribution in [0.1, 0.15) is 24.5 Å². The number of urea groups is 1. The van der Waals surface area contributed by atoms with E-state index in [1.807, 2.05) is 26.1 Å². The molecule has 0 aliphatic carbocycles. The largest absolute Gasteiger partial charge is 0.338 e. The number of carbonyl (C=O) groups excluding carboxylic acids is 1. The van der Waals surface area contributed by atoms with Gasteiger partial charge in [-0.2, -0.15) is 0 Å². The summed E-state index contributed by atoms with van der Waals surface area (Å²) < 4.78 is 0. The third-order valence-corrected chi connectivity index (χ3v) is 2.54. The fraction of sp³-hybridized carbons (Fsp3) is 0.462. The third kappa shape index (κ3) is 3.57. The lowest BCUT2D eigenvalue weighted by molar-refractivity contribution is 0.207. The highest BCUT2D eigenvalue weighted by atomic mass is 16.2. The normalized spacial score (nSPS) is 9.94. The molecule has 3 heteroatoms. The molecule has 16 heavy (non-hydrogen) atoms. The zero-order chi connectivity index (χ0) is 12.0. The van der Waals surface area contributed by atoms with Crippen LogP contribution in [0.25, 0.3) is 0 Å². The maximum Gasteiger partial charge on any atom is 0.317 e. The van der Waals surface area contributed by atoms with Crippen molar-refractivity contribution in [1.82, 2.24) is 10.2 Å². The Labute approximate surface area is 97.5 Å². The quantitative estimate of drug-likeness (QED) is 0.831. The Morgan fingerprint density at radius 3 is 2.69 bits per heavy atom. The van der Waals surface area contributed by atoms with E-state index in [1.165, 1.54) is 11.1 Å². The third-order valence-electron chi connectivity index (χ3n) is 2.54. The van der Waals surface area contributed by atoms with E-state index in [9.17, 15) is 4.79 Å². The molecule has 0 fully saturated rings. The molecule has 1 rings (SSSR count). The first kappa shape index (κ1) is 12.6. The van der Waals surface area contributed by atoms with Crippen LogP contribution in [0.15, 0.2) is 24.3 Å². The molecular weight excluding hydrogens is 200 g/mol. The van der Waals surface area contributed by atoms with Crippen molar-refractivity contribution in [2.24, 2.45) is 0 Å². The van der Waals surface area contributed by atoms with Crippen molar-refractivity contribution in [3.8, 4) is 0 Å². The highest BCUT2D eigenvalue weighted by Crippen LogP contribution is 2.09. The first-order valence-electron chi connectivity index (χ1n) is 5.68. The summed E-state index contributed by atoms with van der Waals surface area (Å²) >= 11 is 0. The Morgan fingerprint density at radius 1 is 1.38 bits per heavy atom. The minimum Gasteiger partial charge on any atom is -0.338 e. The zero-order valence-corrected chi connectivity index (χ0v) is 10.3. The molecule has 88 valence electrons. The number of hydrogen-bond donors (Lipinski definition) is 1. The van der Waals surface area contributed by atoms with Gasteiger partial charge in [0.05, 0.1) is 0 Å². The molecule has 2 amide bonds. The maximum atomic E-state index is 11.6. The lowest BCUT2D eigenvalue weighted by Gasteiger charge is -2.18. The van der Waals surface area contributed by atoms with Gasteiger partial charge in [0.1, 0.15) is 0 Å². The van der Waals surface area contributed by atoms with Crippen LogP contribution in [0.5, 0.6) is 0 Å². The van der Waals surface area contributed by atoms with E-state index in [4.69, 9.17) is 0 Å². The minimum atomic E-state index is -0.00916. The summed E-state index contributed by atoms with van der Waals surface area (Å²) in [5.41, 5.74) is 2.41. The van der Waals surface area contributed by atoms with Crippen molar-refractivity contribution in [3.63, 3.8) is 0 Å². The molecule has 0 aromatic heterocycles. The van der Waals surface area contributed by atoms with Crippen molar-refractivity contribution in [1.29, 1.82) is 0 Å². The first-order chi connectivity index (χ1) is 7.65.